The van der Waals surface area contributed by atoms with Gasteiger partial charge in [0.25, 0.3) is 0 Å². The summed E-state index contributed by atoms with van der Waals surface area (Å²) in [7, 11) is 0. The fraction of sp³-hybridized carbons (Fsp3) is 0.235. The second-order valence-electron chi connectivity index (χ2n) is 5.31. The first kappa shape index (κ1) is 14.3. The number of hydrogen-bond donors (Lipinski definition) is 1. The van der Waals surface area contributed by atoms with E-state index in [4.69, 9.17) is 4.84 Å². The van der Waals surface area contributed by atoms with Gasteiger partial charge < -0.3 is 9.94 Å². The van der Waals surface area contributed by atoms with Crippen LogP contribution in [0.1, 0.15) is 30.1 Å². The van der Waals surface area contributed by atoms with E-state index in [-0.39, 0.29) is 24.3 Å². The van der Waals surface area contributed by atoms with Crippen molar-refractivity contribution in [2.24, 2.45) is 5.16 Å². The summed E-state index contributed by atoms with van der Waals surface area (Å²) < 4.78 is 0. The lowest BCUT2D eigenvalue weighted by atomic mass is 9.90. The zero-order chi connectivity index (χ0) is 15.7. The molecule has 1 unspecified atom stereocenters. The number of carbonyl (C=O) groups is 2. The van der Waals surface area contributed by atoms with Gasteiger partial charge in [0.15, 0.2) is 0 Å². The van der Waals surface area contributed by atoms with Crippen molar-refractivity contribution in [3.05, 3.63) is 48.0 Å². The Morgan fingerprint density at radius 1 is 1.23 bits per heavy atom. The quantitative estimate of drug-likeness (QED) is 0.880. The fourth-order valence-electron chi connectivity index (χ4n) is 2.63. The normalized spacial score (nSPS) is 20.5. The number of nitrogens with zero attached hydrogens (tertiary/aromatic N) is 1. The average Bonchev–Trinajstić information content (AvgIpc) is 2.99. The molecule has 1 heterocycles. The summed E-state index contributed by atoms with van der Waals surface area (Å²) in [5.74, 6) is -1.38. The number of oxime groups is 1. The highest BCUT2D eigenvalue weighted by Gasteiger charge is 2.47. The van der Waals surface area contributed by atoms with E-state index in [0.717, 1.165) is 10.8 Å². The van der Waals surface area contributed by atoms with Gasteiger partial charge in [-0.05, 0) is 17.2 Å². The van der Waals surface area contributed by atoms with Gasteiger partial charge in [0.1, 0.15) is 5.71 Å². The van der Waals surface area contributed by atoms with Crippen LogP contribution in [0.4, 0.5) is 0 Å². The summed E-state index contributed by atoms with van der Waals surface area (Å²) in [5.41, 5.74) is -0.756. The van der Waals surface area contributed by atoms with E-state index in [1.54, 1.807) is 19.1 Å². The lowest BCUT2D eigenvalue weighted by Gasteiger charge is -2.18. The van der Waals surface area contributed by atoms with Crippen LogP contribution in [0.3, 0.4) is 0 Å². The summed E-state index contributed by atoms with van der Waals surface area (Å²) in [6.45, 7) is 1.70. The summed E-state index contributed by atoms with van der Waals surface area (Å²) in [6, 6.07) is 13.0. The Labute approximate surface area is 127 Å². The Morgan fingerprint density at radius 3 is 2.64 bits per heavy atom. The van der Waals surface area contributed by atoms with Gasteiger partial charge in [-0.25, -0.2) is 4.79 Å². The van der Waals surface area contributed by atoms with Crippen molar-refractivity contribution in [3.63, 3.8) is 0 Å². The van der Waals surface area contributed by atoms with Crippen LogP contribution in [0.2, 0.25) is 0 Å². The lowest BCUT2D eigenvalue weighted by Crippen LogP contribution is -2.38. The number of hydrogen-bond acceptors (Lipinski definition) is 4. The minimum atomic E-state index is -1.42. The van der Waals surface area contributed by atoms with Gasteiger partial charge >= 0.3 is 5.97 Å². The molecule has 1 N–H and O–H groups in total. The van der Waals surface area contributed by atoms with Crippen molar-refractivity contribution in [3.8, 4) is 0 Å². The van der Waals surface area contributed by atoms with Gasteiger partial charge in [-0.1, -0.05) is 54.5 Å². The van der Waals surface area contributed by atoms with Crippen molar-refractivity contribution < 1.29 is 19.5 Å². The van der Waals surface area contributed by atoms with E-state index in [0.29, 0.717) is 5.56 Å². The maximum Gasteiger partial charge on any atom is 0.351 e. The number of carbonyl (C=O) groups excluding carboxylic acids is 1. The SMILES string of the molecule is CCC1(C(=O)O)CC(C(=O)c2cccc3ccccc23)=NO1. The summed E-state index contributed by atoms with van der Waals surface area (Å²) in [5, 5.41) is 14.8. The van der Waals surface area contributed by atoms with Gasteiger partial charge in [-0.2, -0.15) is 0 Å². The number of fused-ring (bicyclic) bond motifs is 1. The lowest BCUT2D eigenvalue weighted by molar-refractivity contribution is -0.162. The summed E-state index contributed by atoms with van der Waals surface area (Å²) in [6.07, 6.45) is 0.235. The molecule has 0 amide bonds. The van der Waals surface area contributed by atoms with Crippen molar-refractivity contribution >= 4 is 28.2 Å². The summed E-state index contributed by atoms with van der Waals surface area (Å²) >= 11 is 0. The second-order valence-corrected chi connectivity index (χ2v) is 5.31. The van der Waals surface area contributed by atoms with Gasteiger partial charge in [0.05, 0.1) is 6.42 Å². The molecule has 1 atom stereocenters. The molecule has 5 nitrogen and oxygen atoms in total. The van der Waals surface area contributed by atoms with E-state index in [9.17, 15) is 14.7 Å². The molecule has 1 aliphatic rings. The van der Waals surface area contributed by atoms with Crippen LogP contribution in [0.5, 0.6) is 0 Å². The van der Waals surface area contributed by atoms with E-state index in [2.05, 4.69) is 5.16 Å². The number of Topliss-reactive ketones (excluding diaryl/α,β-unsaturated/α-hetero) is 1. The van der Waals surface area contributed by atoms with Crippen molar-refractivity contribution in [1.29, 1.82) is 0 Å². The largest absolute Gasteiger partial charge is 0.478 e. The third-order valence-corrected chi connectivity index (χ3v) is 4.04. The highest BCUT2D eigenvalue weighted by molar-refractivity contribution is 6.48. The maximum atomic E-state index is 12.7. The first-order valence-corrected chi connectivity index (χ1v) is 7.08. The molecule has 0 spiro atoms. The van der Waals surface area contributed by atoms with E-state index >= 15 is 0 Å². The molecule has 0 aliphatic carbocycles. The maximum absolute atomic E-state index is 12.7. The first-order chi connectivity index (χ1) is 10.6. The van der Waals surface area contributed by atoms with Crippen molar-refractivity contribution in [1.82, 2.24) is 0 Å². The highest BCUT2D eigenvalue weighted by Crippen LogP contribution is 2.30. The molecule has 0 saturated carbocycles. The third-order valence-electron chi connectivity index (χ3n) is 4.04. The molecule has 5 heteroatoms. The molecule has 0 saturated heterocycles. The van der Waals surface area contributed by atoms with Crippen molar-refractivity contribution in [2.75, 3.05) is 0 Å². The van der Waals surface area contributed by atoms with Crippen LogP contribution in [0, 0.1) is 0 Å². The zero-order valence-corrected chi connectivity index (χ0v) is 12.1. The number of rotatable bonds is 4. The van der Waals surface area contributed by atoms with Gasteiger partial charge in [0.2, 0.25) is 11.4 Å². The van der Waals surface area contributed by atoms with Crippen molar-refractivity contribution in [2.45, 2.75) is 25.4 Å². The monoisotopic (exact) mass is 297 g/mol. The van der Waals surface area contributed by atoms with Crippen LogP contribution >= 0.6 is 0 Å². The van der Waals surface area contributed by atoms with E-state index in [1.165, 1.54) is 0 Å². The zero-order valence-electron chi connectivity index (χ0n) is 12.1. The topological polar surface area (TPSA) is 76.0 Å². The molecule has 0 radical (unpaired) electrons. The number of ketones is 1. The molecule has 112 valence electrons. The standard InChI is InChI=1S/C17H15NO4/c1-2-17(16(20)21)10-14(18-22-17)15(19)13-9-5-7-11-6-3-4-8-12(11)13/h3-9H,2,10H2,1H3,(H,20,21). The molecule has 3 rings (SSSR count). The molecule has 1 aliphatic heterocycles. The Balaban J connectivity index is 1.97. The summed E-state index contributed by atoms with van der Waals surface area (Å²) in [4.78, 5) is 29.1. The van der Waals surface area contributed by atoms with Crippen LogP contribution < -0.4 is 0 Å². The second kappa shape index (κ2) is 5.26. The molecule has 2 aromatic carbocycles. The molecule has 2 aromatic rings. The molecule has 0 bridgehead atoms. The molecule has 0 aromatic heterocycles. The smallest absolute Gasteiger partial charge is 0.351 e. The molecule has 0 fully saturated rings. The van der Waals surface area contributed by atoms with Gasteiger partial charge in [0, 0.05) is 5.56 Å². The minimum Gasteiger partial charge on any atom is -0.478 e. The van der Waals surface area contributed by atoms with Crippen LogP contribution in [-0.2, 0) is 9.63 Å². The third kappa shape index (κ3) is 2.15. The van der Waals surface area contributed by atoms with Crippen LogP contribution in [0.15, 0.2) is 47.6 Å². The van der Waals surface area contributed by atoms with E-state index in [1.807, 2.05) is 30.3 Å². The van der Waals surface area contributed by atoms with Gasteiger partial charge in [-0.3, -0.25) is 4.79 Å². The predicted molar refractivity (Wildman–Crippen MR) is 82.1 cm³/mol. The number of aliphatic carboxylic acids is 1. The predicted octanol–water partition coefficient (Wildman–Crippen LogP) is 3.03. The van der Waals surface area contributed by atoms with Gasteiger partial charge in [-0.15, -0.1) is 0 Å². The first-order valence-electron chi connectivity index (χ1n) is 7.08. The Kier molecular flexibility index (Phi) is 3.41. The van der Waals surface area contributed by atoms with Crippen LogP contribution in [-0.4, -0.2) is 28.2 Å². The number of carboxylic acid groups (broad SMARTS) is 1. The fourth-order valence-corrected chi connectivity index (χ4v) is 2.63. The van der Waals surface area contributed by atoms with E-state index < -0.39 is 11.6 Å². The number of carboxylic acids is 1. The Hall–Kier alpha value is -2.69. The molecular weight excluding hydrogens is 282 g/mol. The van der Waals surface area contributed by atoms with Crippen LogP contribution in [0.25, 0.3) is 10.8 Å². The average molecular weight is 297 g/mol. The Morgan fingerprint density at radius 2 is 1.95 bits per heavy atom. The molecular formula is C17H15NO4. The minimum absolute atomic E-state index is 0.0130. The number of benzene rings is 2. The highest BCUT2D eigenvalue weighted by atomic mass is 16.7. The molecule has 22 heavy (non-hydrogen) atoms. The Bertz CT molecular complexity index is 791.